The molecule has 0 bridgehead atoms. The SMILES string of the molecule is CCCCN(CC(=O)N(CCc1c[nH]c2ccccc12)Cc1ccc(OC)cc1)C(=O)C(C)C. The van der Waals surface area contributed by atoms with Crippen LogP contribution in [0.1, 0.15) is 44.7 Å². The van der Waals surface area contributed by atoms with Gasteiger partial charge in [0, 0.05) is 42.7 Å². The Morgan fingerprint density at radius 1 is 1.00 bits per heavy atom. The molecular formula is C28H37N3O3. The molecule has 2 aromatic carbocycles. The van der Waals surface area contributed by atoms with Crippen LogP contribution in [0, 0.1) is 5.92 Å². The summed E-state index contributed by atoms with van der Waals surface area (Å²) >= 11 is 0. The van der Waals surface area contributed by atoms with Gasteiger partial charge in [-0.1, -0.05) is 57.5 Å². The summed E-state index contributed by atoms with van der Waals surface area (Å²) in [7, 11) is 1.64. The second-order valence-electron chi connectivity index (χ2n) is 9.04. The number of rotatable bonds is 12. The standard InChI is InChI=1S/C28H37N3O3/c1-5-6-16-31(28(33)21(2)3)20-27(32)30(19-22-11-13-24(34-4)14-12-22)17-15-23-18-29-26-10-8-7-9-25(23)26/h7-14,18,21,29H,5-6,15-17,19-20H2,1-4H3. The van der Waals surface area contributed by atoms with Gasteiger partial charge in [-0.2, -0.15) is 0 Å². The van der Waals surface area contributed by atoms with Crippen LogP contribution >= 0.6 is 0 Å². The summed E-state index contributed by atoms with van der Waals surface area (Å²) in [6.07, 6.45) is 4.63. The first-order valence-corrected chi connectivity index (χ1v) is 12.2. The largest absolute Gasteiger partial charge is 0.497 e. The molecule has 182 valence electrons. The molecular weight excluding hydrogens is 426 g/mol. The second kappa shape index (κ2) is 12.3. The Morgan fingerprint density at radius 3 is 2.41 bits per heavy atom. The van der Waals surface area contributed by atoms with E-state index < -0.39 is 0 Å². The molecule has 0 aliphatic carbocycles. The number of nitrogens with one attached hydrogen (secondary N) is 1. The Balaban J connectivity index is 1.78. The lowest BCUT2D eigenvalue weighted by atomic mass is 10.1. The van der Waals surface area contributed by atoms with E-state index in [2.05, 4.69) is 24.0 Å². The molecule has 1 N–H and O–H groups in total. The third kappa shape index (κ3) is 6.62. The lowest BCUT2D eigenvalue weighted by Gasteiger charge is -2.29. The molecule has 6 heteroatoms. The minimum atomic E-state index is -0.133. The third-order valence-electron chi connectivity index (χ3n) is 6.12. The van der Waals surface area contributed by atoms with Crippen LogP contribution < -0.4 is 4.74 Å². The smallest absolute Gasteiger partial charge is 0.242 e. The van der Waals surface area contributed by atoms with Crippen LogP contribution in [0.3, 0.4) is 0 Å². The van der Waals surface area contributed by atoms with E-state index in [9.17, 15) is 9.59 Å². The maximum Gasteiger partial charge on any atom is 0.242 e. The normalized spacial score (nSPS) is 11.1. The predicted octanol–water partition coefficient (Wildman–Crippen LogP) is 5.03. The number of para-hydroxylation sites is 1. The highest BCUT2D eigenvalue weighted by atomic mass is 16.5. The van der Waals surface area contributed by atoms with E-state index in [1.807, 2.05) is 61.3 Å². The fourth-order valence-electron chi connectivity index (χ4n) is 4.08. The van der Waals surface area contributed by atoms with Crippen LogP contribution in [0.2, 0.25) is 0 Å². The highest BCUT2D eigenvalue weighted by Gasteiger charge is 2.23. The van der Waals surface area contributed by atoms with Crippen molar-refractivity contribution in [2.45, 2.75) is 46.6 Å². The van der Waals surface area contributed by atoms with E-state index in [1.54, 1.807) is 12.0 Å². The number of aromatic nitrogens is 1. The number of benzene rings is 2. The van der Waals surface area contributed by atoms with Gasteiger partial charge in [-0.25, -0.2) is 0 Å². The van der Waals surface area contributed by atoms with Crippen molar-refractivity contribution in [3.8, 4) is 5.75 Å². The maximum absolute atomic E-state index is 13.5. The van der Waals surface area contributed by atoms with Crippen LogP contribution in [-0.4, -0.2) is 53.3 Å². The van der Waals surface area contributed by atoms with Crippen LogP contribution in [0.5, 0.6) is 5.75 Å². The molecule has 0 spiro atoms. The number of carbonyl (C=O) groups excluding carboxylic acids is 2. The number of aromatic amines is 1. The zero-order chi connectivity index (χ0) is 24.5. The molecule has 0 aliphatic rings. The van der Waals surface area contributed by atoms with Crippen molar-refractivity contribution < 1.29 is 14.3 Å². The number of unbranched alkanes of at least 4 members (excludes halogenated alkanes) is 1. The number of hydrogen-bond donors (Lipinski definition) is 1. The fraction of sp³-hybridized carbons (Fsp3) is 0.429. The van der Waals surface area contributed by atoms with Gasteiger partial charge >= 0.3 is 0 Å². The Bertz CT molecular complexity index is 1070. The van der Waals surface area contributed by atoms with Gasteiger partial charge in [0.2, 0.25) is 11.8 Å². The van der Waals surface area contributed by atoms with Gasteiger partial charge in [0.05, 0.1) is 13.7 Å². The molecule has 0 fully saturated rings. The summed E-state index contributed by atoms with van der Waals surface area (Å²) in [6, 6.07) is 16.0. The molecule has 0 saturated carbocycles. The summed E-state index contributed by atoms with van der Waals surface area (Å²) in [5.41, 5.74) is 3.31. The van der Waals surface area contributed by atoms with Crippen molar-refractivity contribution >= 4 is 22.7 Å². The lowest BCUT2D eigenvalue weighted by molar-refractivity contribution is -0.142. The van der Waals surface area contributed by atoms with Gasteiger partial charge in [-0.05, 0) is 42.2 Å². The summed E-state index contributed by atoms with van der Waals surface area (Å²) in [6.45, 7) is 7.65. The number of carbonyl (C=O) groups is 2. The highest BCUT2D eigenvalue weighted by Crippen LogP contribution is 2.19. The average Bonchev–Trinajstić information content (AvgIpc) is 3.27. The molecule has 0 aliphatic heterocycles. The highest BCUT2D eigenvalue weighted by molar-refractivity contribution is 5.86. The minimum Gasteiger partial charge on any atom is -0.497 e. The van der Waals surface area contributed by atoms with E-state index in [1.165, 1.54) is 10.9 Å². The van der Waals surface area contributed by atoms with Crippen molar-refractivity contribution in [3.05, 3.63) is 65.9 Å². The quantitative estimate of drug-likeness (QED) is 0.410. The Hall–Kier alpha value is -3.28. The summed E-state index contributed by atoms with van der Waals surface area (Å²) in [5.74, 6) is 0.656. The molecule has 0 radical (unpaired) electrons. The number of H-pyrrole nitrogens is 1. The van der Waals surface area contributed by atoms with Gasteiger partial charge in [0.1, 0.15) is 5.75 Å². The zero-order valence-corrected chi connectivity index (χ0v) is 20.8. The first-order valence-electron chi connectivity index (χ1n) is 12.2. The zero-order valence-electron chi connectivity index (χ0n) is 20.8. The molecule has 3 rings (SSSR count). The average molecular weight is 464 g/mol. The van der Waals surface area contributed by atoms with Crippen molar-refractivity contribution in [1.29, 1.82) is 0 Å². The number of ether oxygens (including phenoxy) is 1. The van der Waals surface area contributed by atoms with Gasteiger partial charge in [-0.15, -0.1) is 0 Å². The number of fused-ring (bicyclic) bond motifs is 1. The first kappa shape index (κ1) is 25.3. The summed E-state index contributed by atoms with van der Waals surface area (Å²) < 4.78 is 5.27. The molecule has 0 unspecified atom stereocenters. The van der Waals surface area contributed by atoms with Crippen LogP contribution in [0.25, 0.3) is 10.9 Å². The number of methoxy groups -OCH3 is 1. The molecule has 6 nitrogen and oxygen atoms in total. The molecule has 0 saturated heterocycles. The molecule has 2 amide bonds. The Kier molecular flexibility index (Phi) is 9.14. The fourth-order valence-corrected chi connectivity index (χ4v) is 4.08. The van der Waals surface area contributed by atoms with E-state index in [0.29, 0.717) is 19.6 Å². The van der Waals surface area contributed by atoms with Gasteiger partial charge in [0.25, 0.3) is 0 Å². The lowest BCUT2D eigenvalue weighted by Crippen LogP contribution is -2.45. The summed E-state index contributed by atoms with van der Waals surface area (Å²) in [5, 5.41) is 1.18. The topological polar surface area (TPSA) is 65.6 Å². The number of amides is 2. The summed E-state index contributed by atoms with van der Waals surface area (Å²) in [4.78, 5) is 33.2. The van der Waals surface area contributed by atoms with Gasteiger partial charge in [-0.3, -0.25) is 9.59 Å². The van der Waals surface area contributed by atoms with Crippen LogP contribution in [-0.2, 0) is 22.6 Å². The monoisotopic (exact) mass is 463 g/mol. The number of nitrogens with zero attached hydrogens (tertiary/aromatic N) is 2. The van der Waals surface area contributed by atoms with Gasteiger partial charge in [0.15, 0.2) is 0 Å². The Labute approximate surface area is 202 Å². The van der Waals surface area contributed by atoms with Crippen molar-refractivity contribution in [3.63, 3.8) is 0 Å². The molecule has 0 atom stereocenters. The van der Waals surface area contributed by atoms with Gasteiger partial charge < -0.3 is 19.5 Å². The van der Waals surface area contributed by atoms with Crippen molar-refractivity contribution in [2.75, 3.05) is 26.7 Å². The first-order chi connectivity index (χ1) is 16.4. The van der Waals surface area contributed by atoms with Crippen LogP contribution in [0.4, 0.5) is 0 Å². The van der Waals surface area contributed by atoms with E-state index in [4.69, 9.17) is 4.74 Å². The second-order valence-corrected chi connectivity index (χ2v) is 9.04. The molecule has 1 heterocycles. The van der Waals surface area contributed by atoms with Crippen molar-refractivity contribution in [1.82, 2.24) is 14.8 Å². The van der Waals surface area contributed by atoms with E-state index in [0.717, 1.165) is 36.1 Å². The van der Waals surface area contributed by atoms with E-state index >= 15 is 0 Å². The maximum atomic E-state index is 13.5. The third-order valence-corrected chi connectivity index (χ3v) is 6.12. The van der Waals surface area contributed by atoms with Crippen molar-refractivity contribution in [2.24, 2.45) is 5.92 Å². The molecule has 3 aromatic rings. The van der Waals surface area contributed by atoms with Crippen LogP contribution in [0.15, 0.2) is 54.7 Å². The number of hydrogen-bond acceptors (Lipinski definition) is 3. The minimum absolute atomic E-state index is 0.0271. The molecule has 1 aromatic heterocycles. The Morgan fingerprint density at radius 2 is 1.74 bits per heavy atom. The van der Waals surface area contributed by atoms with E-state index in [-0.39, 0.29) is 24.3 Å². The predicted molar refractivity (Wildman–Crippen MR) is 137 cm³/mol. The molecule has 34 heavy (non-hydrogen) atoms.